The van der Waals surface area contributed by atoms with Crippen LogP contribution in [0.4, 0.5) is 0 Å². The first-order valence-electron chi connectivity index (χ1n) is 16.2. The molecule has 0 aliphatic carbocycles. The fraction of sp³-hybridized carbons (Fsp3) is 0.639. The minimum absolute atomic E-state index is 0.154. The van der Waals surface area contributed by atoms with Crippen molar-refractivity contribution in [3.63, 3.8) is 0 Å². The molecule has 1 atom stereocenters. The normalized spacial score (nSPS) is 12.3. The van der Waals surface area contributed by atoms with Crippen molar-refractivity contribution in [2.24, 2.45) is 0 Å². The molecule has 0 saturated carbocycles. The summed E-state index contributed by atoms with van der Waals surface area (Å²) in [6, 6.07) is 18.9. The number of carbonyl (C=O) groups is 1. The van der Waals surface area contributed by atoms with Gasteiger partial charge in [-0.3, -0.25) is 4.79 Å². The maximum Gasteiger partial charge on any atom is 0.308 e. The number of para-hydroxylation sites is 1. The molecule has 2 rings (SSSR count). The highest BCUT2D eigenvalue weighted by Gasteiger charge is 2.19. The third-order valence-electron chi connectivity index (χ3n) is 7.67. The molecular weight excluding hydrogens is 494 g/mol. The van der Waals surface area contributed by atoms with Crippen LogP contribution >= 0.6 is 0 Å². The average Bonchev–Trinajstić information content (AvgIpc) is 2.93. The van der Waals surface area contributed by atoms with E-state index in [1.807, 2.05) is 12.1 Å². The summed E-state index contributed by atoms with van der Waals surface area (Å²) in [5, 5.41) is 0. The summed E-state index contributed by atoms with van der Waals surface area (Å²) in [6.45, 7) is 6.41. The number of quaternary nitrogens is 1. The Hall–Kier alpha value is -2.33. The van der Waals surface area contributed by atoms with Gasteiger partial charge in [-0.1, -0.05) is 120 Å². The minimum atomic E-state index is -0.517. The van der Waals surface area contributed by atoms with Crippen molar-refractivity contribution < 1.29 is 18.8 Å². The number of hydrogen-bond donors (Lipinski definition) is 0. The Bertz CT molecular complexity index is 911. The van der Waals surface area contributed by atoms with Gasteiger partial charge in [-0.2, -0.15) is 0 Å². The molecule has 1 unspecified atom stereocenters. The quantitative estimate of drug-likeness (QED) is 0.0596. The van der Waals surface area contributed by atoms with Crippen LogP contribution in [0.5, 0.6) is 5.75 Å². The molecule has 0 aromatic heterocycles. The van der Waals surface area contributed by atoms with Crippen LogP contribution in [0.3, 0.4) is 0 Å². The fourth-order valence-electron chi connectivity index (χ4n) is 5.32. The first-order chi connectivity index (χ1) is 19.4. The van der Waals surface area contributed by atoms with Crippen molar-refractivity contribution in [2.75, 3.05) is 20.6 Å². The summed E-state index contributed by atoms with van der Waals surface area (Å²) in [4.78, 5) is 12.7. The first kappa shape index (κ1) is 33.9. The second-order valence-corrected chi connectivity index (χ2v) is 12.1. The van der Waals surface area contributed by atoms with Crippen molar-refractivity contribution in [1.82, 2.24) is 0 Å². The molecule has 224 valence electrons. The number of ether oxygens (including phenoxy) is 2. The summed E-state index contributed by atoms with van der Waals surface area (Å²) in [6.07, 6.45) is 17.7. The fourth-order valence-corrected chi connectivity index (χ4v) is 5.32. The Labute approximate surface area is 246 Å². The Morgan fingerprint density at radius 3 is 2.02 bits per heavy atom. The number of carbonyl (C=O) groups excluding carboxylic acids is 1. The Morgan fingerprint density at radius 2 is 1.35 bits per heavy atom. The maximum atomic E-state index is 12.7. The van der Waals surface area contributed by atoms with E-state index in [-0.39, 0.29) is 5.97 Å². The van der Waals surface area contributed by atoms with Crippen molar-refractivity contribution in [3.05, 3.63) is 65.7 Å². The summed E-state index contributed by atoms with van der Waals surface area (Å²) < 4.78 is 13.0. The van der Waals surface area contributed by atoms with E-state index in [1.54, 1.807) is 0 Å². The number of unbranched alkanes of at least 4 members (excludes halogenated alkanes) is 10. The highest BCUT2D eigenvalue weighted by molar-refractivity contribution is 5.69. The zero-order valence-electron chi connectivity index (χ0n) is 26.2. The molecule has 0 fully saturated rings. The lowest BCUT2D eigenvalue weighted by Gasteiger charge is -2.30. The molecule has 40 heavy (non-hydrogen) atoms. The first-order valence-corrected chi connectivity index (χ1v) is 16.2. The average molecular weight is 553 g/mol. The summed E-state index contributed by atoms with van der Waals surface area (Å²) in [7, 11) is 4.51. The molecule has 0 saturated heterocycles. The predicted octanol–water partition coefficient (Wildman–Crippen LogP) is 9.65. The van der Waals surface area contributed by atoms with E-state index in [2.05, 4.69) is 70.4 Å². The van der Waals surface area contributed by atoms with E-state index < -0.39 is 6.29 Å². The number of hydrogen-bond acceptors (Lipinski definition) is 3. The molecule has 0 heterocycles. The van der Waals surface area contributed by atoms with Gasteiger partial charge in [-0.15, -0.1) is 0 Å². The van der Waals surface area contributed by atoms with Crippen molar-refractivity contribution >= 4 is 5.97 Å². The Balaban J connectivity index is 1.70. The molecular formula is C36H58NO3+. The minimum Gasteiger partial charge on any atom is -0.455 e. The van der Waals surface area contributed by atoms with Crippen LogP contribution < -0.4 is 4.74 Å². The number of esters is 1. The lowest BCUT2D eigenvalue weighted by atomic mass is 10.0. The molecule has 0 spiro atoms. The molecule has 0 aliphatic rings. The van der Waals surface area contributed by atoms with Crippen LogP contribution in [0.15, 0.2) is 54.6 Å². The van der Waals surface area contributed by atoms with Crippen LogP contribution in [0.2, 0.25) is 0 Å². The lowest BCUT2D eigenvalue weighted by molar-refractivity contribution is -0.903. The molecule has 0 aliphatic heterocycles. The molecule has 2 aromatic carbocycles. The van der Waals surface area contributed by atoms with E-state index >= 15 is 0 Å². The number of benzene rings is 2. The van der Waals surface area contributed by atoms with Crippen molar-refractivity contribution in [2.45, 2.75) is 129 Å². The van der Waals surface area contributed by atoms with E-state index in [9.17, 15) is 4.79 Å². The van der Waals surface area contributed by atoms with Crippen molar-refractivity contribution in [3.8, 4) is 5.75 Å². The second-order valence-electron chi connectivity index (χ2n) is 12.1. The van der Waals surface area contributed by atoms with E-state index in [0.29, 0.717) is 12.8 Å². The molecule has 4 nitrogen and oxygen atoms in total. The van der Waals surface area contributed by atoms with Gasteiger partial charge in [-0.25, -0.2) is 0 Å². The summed E-state index contributed by atoms with van der Waals surface area (Å²) >= 11 is 0. The SMILES string of the molecule is CCCCCCCCCCCCc1ccccc1OC(CCC)OC(=O)CCCC[N+](C)(C)Cc1ccccc1. The van der Waals surface area contributed by atoms with Gasteiger partial charge >= 0.3 is 5.97 Å². The molecule has 0 bridgehead atoms. The van der Waals surface area contributed by atoms with Gasteiger partial charge in [-0.05, 0) is 43.7 Å². The molecule has 0 N–H and O–H groups in total. The Kier molecular flexibility index (Phi) is 17.4. The van der Waals surface area contributed by atoms with Crippen LogP contribution in [0, 0.1) is 0 Å². The van der Waals surface area contributed by atoms with Gasteiger partial charge in [0.25, 0.3) is 0 Å². The van der Waals surface area contributed by atoms with Crippen LogP contribution in [-0.4, -0.2) is 37.4 Å². The maximum absolute atomic E-state index is 12.7. The standard InChI is InChI=1S/C36H58NO3/c1-5-7-8-9-10-11-12-13-14-18-26-33-27-19-20-28-34(33)39-36(23-6-2)40-35(38)29-21-22-30-37(3,4)31-32-24-16-15-17-25-32/h15-17,19-20,24-25,27-28,36H,5-14,18,21-23,26,29-31H2,1-4H3/q+1. The number of aryl methyl sites for hydroxylation is 1. The molecule has 4 heteroatoms. The van der Waals surface area contributed by atoms with Gasteiger partial charge in [0, 0.05) is 18.4 Å². The number of nitrogens with zero attached hydrogens (tertiary/aromatic N) is 1. The molecule has 0 radical (unpaired) electrons. The van der Waals surface area contributed by atoms with Gasteiger partial charge in [0.05, 0.1) is 20.6 Å². The Morgan fingerprint density at radius 1 is 0.725 bits per heavy atom. The van der Waals surface area contributed by atoms with Gasteiger partial charge in [0.2, 0.25) is 6.29 Å². The van der Waals surface area contributed by atoms with Crippen LogP contribution in [0.1, 0.15) is 121 Å². The van der Waals surface area contributed by atoms with Crippen LogP contribution in [-0.2, 0) is 22.5 Å². The van der Waals surface area contributed by atoms with Gasteiger partial charge in [0.15, 0.2) is 0 Å². The van der Waals surface area contributed by atoms with Crippen molar-refractivity contribution in [1.29, 1.82) is 0 Å². The van der Waals surface area contributed by atoms with E-state index in [1.165, 1.54) is 75.3 Å². The zero-order valence-corrected chi connectivity index (χ0v) is 26.2. The van der Waals surface area contributed by atoms with Crippen LogP contribution in [0.25, 0.3) is 0 Å². The predicted molar refractivity (Wildman–Crippen MR) is 168 cm³/mol. The van der Waals surface area contributed by atoms with Gasteiger partial charge in [0.1, 0.15) is 12.3 Å². The lowest BCUT2D eigenvalue weighted by Crippen LogP contribution is -2.39. The summed E-state index contributed by atoms with van der Waals surface area (Å²) in [5.74, 6) is 0.712. The third kappa shape index (κ3) is 15.5. The monoisotopic (exact) mass is 552 g/mol. The molecule has 0 amide bonds. The second kappa shape index (κ2) is 20.5. The number of rotatable bonds is 23. The zero-order chi connectivity index (χ0) is 28.9. The third-order valence-corrected chi connectivity index (χ3v) is 7.67. The topological polar surface area (TPSA) is 35.5 Å². The van der Waals surface area contributed by atoms with E-state index in [0.717, 1.165) is 49.0 Å². The summed E-state index contributed by atoms with van der Waals surface area (Å²) in [5.41, 5.74) is 2.57. The smallest absolute Gasteiger partial charge is 0.308 e. The highest BCUT2D eigenvalue weighted by atomic mass is 16.7. The van der Waals surface area contributed by atoms with Gasteiger partial charge < -0.3 is 14.0 Å². The molecule has 2 aromatic rings. The highest BCUT2D eigenvalue weighted by Crippen LogP contribution is 2.24. The van der Waals surface area contributed by atoms with E-state index in [4.69, 9.17) is 9.47 Å². The largest absolute Gasteiger partial charge is 0.455 e.